The van der Waals surface area contributed by atoms with Crippen molar-refractivity contribution in [1.29, 1.82) is 5.26 Å². The Morgan fingerprint density at radius 3 is 2.49 bits per heavy atom. The first-order valence-corrected chi connectivity index (χ1v) is 14.1. The highest BCUT2D eigenvalue weighted by atomic mass is 35.5. The number of hydrogen-bond donors (Lipinski definition) is 1. The third kappa shape index (κ3) is 4.26. The van der Waals surface area contributed by atoms with Crippen LogP contribution in [-0.4, -0.2) is 44.2 Å². The Morgan fingerprint density at radius 1 is 1.00 bits per heavy atom. The Labute approximate surface area is 215 Å². The van der Waals surface area contributed by atoms with Crippen molar-refractivity contribution in [3.63, 3.8) is 0 Å². The quantitative estimate of drug-likeness (QED) is 0.595. The number of likely N-dealkylation sites (tertiary alicyclic amines) is 1. The van der Waals surface area contributed by atoms with Gasteiger partial charge in [0.2, 0.25) is 0 Å². The van der Waals surface area contributed by atoms with Crippen molar-refractivity contribution < 1.29 is 0 Å². The fourth-order valence-corrected chi connectivity index (χ4v) is 8.04. The average molecular weight is 489 g/mol. The minimum Gasteiger partial charge on any atom is -0.370 e. The van der Waals surface area contributed by atoms with Crippen LogP contribution in [0.2, 0.25) is 5.02 Å². The highest BCUT2D eigenvalue weighted by molar-refractivity contribution is 6.33. The van der Waals surface area contributed by atoms with Crippen molar-refractivity contribution in [1.82, 2.24) is 10.2 Å². The fraction of sp³-hybridized carbons (Fsp3) is 0.567. The lowest BCUT2D eigenvalue weighted by atomic mass is 9.63. The summed E-state index contributed by atoms with van der Waals surface area (Å²) < 4.78 is 0. The molecule has 3 heterocycles. The molecule has 1 atom stereocenters. The molecule has 1 aliphatic carbocycles. The number of rotatable bonds is 5. The summed E-state index contributed by atoms with van der Waals surface area (Å²) in [5, 5.41) is 13.9. The molecule has 0 radical (unpaired) electrons. The first-order valence-electron chi connectivity index (χ1n) is 13.7. The second kappa shape index (κ2) is 9.77. The van der Waals surface area contributed by atoms with Gasteiger partial charge in [-0.3, -0.25) is 0 Å². The second-order valence-electron chi connectivity index (χ2n) is 11.3. The van der Waals surface area contributed by atoms with Gasteiger partial charge in [-0.2, -0.15) is 5.26 Å². The van der Waals surface area contributed by atoms with Crippen LogP contribution in [0.3, 0.4) is 0 Å². The topological polar surface area (TPSA) is 42.3 Å². The maximum atomic E-state index is 9.08. The van der Waals surface area contributed by atoms with E-state index in [0.29, 0.717) is 16.5 Å². The van der Waals surface area contributed by atoms with Gasteiger partial charge in [0.05, 0.1) is 22.3 Å². The summed E-state index contributed by atoms with van der Waals surface area (Å²) in [4.78, 5) is 5.08. The van der Waals surface area contributed by atoms with Crippen molar-refractivity contribution in [2.45, 2.75) is 50.5 Å². The van der Waals surface area contributed by atoms with Gasteiger partial charge < -0.3 is 15.1 Å². The minimum atomic E-state index is 0.192. The normalized spacial score (nSPS) is 26.3. The van der Waals surface area contributed by atoms with Gasteiger partial charge in [0.15, 0.2) is 0 Å². The maximum Gasteiger partial charge on any atom is 0.0992 e. The molecule has 1 unspecified atom stereocenters. The molecule has 5 heteroatoms. The third-order valence-electron chi connectivity index (χ3n) is 9.40. The molecule has 2 saturated heterocycles. The van der Waals surface area contributed by atoms with Crippen LogP contribution < -0.4 is 10.2 Å². The number of anilines is 1. The molecule has 1 N–H and O–H groups in total. The van der Waals surface area contributed by atoms with Gasteiger partial charge in [0.25, 0.3) is 0 Å². The van der Waals surface area contributed by atoms with Crippen molar-refractivity contribution in [3.8, 4) is 6.07 Å². The van der Waals surface area contributed by atoms with Gasteiger partial charge in [-0.1, -0.05) is 48.7 Å². The van der Waals surface area contributed by atoms with Crippen LogP contribution in [0, 0.1) is 29.1 Å². The molecule has 184 valence electrons. The van der Waals surface area contributed by atoms with Crippen molar-refractivity contribution in [2.75, 3.05) is 44.2 Å². The molecule has 0 aromatic heterocycles. The van der Waals surface area contributed by atoms with Crippen LogP contribution in [0.25, 0.3) is 0 Å². The van der Waals surface area contributed by atoms with Gasteiger partial charge in [0.1, 0.15) is 0 Å². The zero-order valence-corrected chi connectivity index (χ0v) is 21.4. The van der Waals surface area contributed by atoms with Gasteiger partial charge in [-0.15, -0.1) is 0 Å². The molecule has 0 spiro atoms. The van der Waals surface area contributed by atoms with Crippen molar-refractivity contribution in [2.24, 2.45) is 17.8 Å². The van der Waals surface area contributed by atoms with E-state index in [1.807, 2.05) is 12.1 Å². The van der Waals surface area contributed by atoms with E-state index >= 15 is 0 Å². The van der Waals surface area contributed by atoms with Crippen LogP contribution in [-0.2, 0) is 12.0 Å². The summed E-state index contributed by atoms with van der Waals surface area (Å²) in [6.45, 7) is 6.88. The highest BCUT2D eigenvalue weighted by Gasteiger charge is 2.50. The number of fused-ring (bicyclic) bond motifs is 1. The Morgan fingerprint density at radius 2 is 1.74 bits per heavy atom. The minimum absolute atomic E-state index is 0.192. The van der Waals surface area contributed by atoms with Crippen LogP contribution in [0.4, 0.5) is 5.69 Å². The molecular weight excluding hydrogens is 452 g/mol. The number of nitrogens with one attached hydrogen (secondary N) is 1. The lowest BCUT2D eigenvalue weighted by Crippen LogP contribution is -2.59. The fourth-order valence-electron chi connectivity index (χ4n) is 7.74. The molecule has 1 saturated carbocycles. The smallest absolute Gasteiger partial charge is 0.0992 e. The number of piperidine rings is 1. The van der Waals surface area contributed by atoms with Gasteiger partial charge >= 0.3 is 0 Å². The number of benzene rings is 2. The van der Waals surface area contributed by atoms with E-state index in [-0.39, 0.29) is 5.54 Å². The standard InChI is InChI=1S/C30H37ClN4/c31-28-17-22(18-32)9-10-29(28)35-20-23(21-35)19-34-15-12-26(13-16-34)30(25-6-2-3-7-25)27-8-4-1-5-24(27)11-14-33-30/h1,4-5,8-10,17,23,25-26,33H,2-3,6-7,11-16,19-21H2. The summed E-state index contributed by atoms with van der Waals surface area (Å²) in [5.41, 5.74) is 5.12. The summed E-state index contributed by atoms with van der Waals surface area (Å²) in [6, 6.07) is 17.2. The van der Waals surface area contributed by atoms with Crippen LogP contribution >= 0.6 is 11.6 Å². The molecule has 0 amide bonds. The van der Waals surface area contributed by atoms with Crippen LogP contribution in [0.5, 0.6) is 0 Å². The Kier molecular flexibility index (Phi) is 6.52. The van der Waals surface area contributed by atoms with Crippen molar-refractivity contribution >= 4 is 17.3 Å². The van der Waals surface area contributed by atoms with Gasteiger partial charge in [-0.05, 0) is 86.4 Å². The van der Waals surface area contributed by atoms with E-state index in [2.05, 4.69) is 45.5 Å². The van der Waals surface area contributed by atoms with E-state index in [0.717, 1.165) is 37.2 Å². The summed E-state index contributed by atoms with van der Waals surface area (Å²) in [7, 11) is 0. The van der Waals surface area contributed by atoms with Gasteiger partial charge in [-0.25, -0.2) is 0 Å². The number of halogens is 1. The summed E-state index contributed by atoms with van der Waals surface area (Å²) in [5.74, 6) is 2.23. The molecule has 6 rings (SSSR count). The van der Waals surface area contributed by atoms with E-state index in [9.17, 15) is 0 Å². The monoisotopic (exact) mass is 488 g/mol. The van der Waals surface area contributed by atoms with Crippen LogP contribution in [0.1, 0.15) is 55.2 Å². The molecule has 2 aromatic rings. The molecule has 35 heavy (non-hydrogen) atoms. The van der Waals surface area contributed by atoms with Crippen LogP contribution in [0.15, 0.2) is 42.5 Å². The largest absolute Gasteiger partial charge is 0.370 e. The molecular formula is C30H37ClN4. The average Bonchev–Trinajstić information content (AvgIpc) is 3.42. The summed E-state index contributed by atoms with van der Waals surface area (Å²) in [6.07, 6.45) is 9.35. The van der Waals surface area contributed by atoms with Crippen molar-refractivity contribution in [3.05, 3.63) is 64.2 Å². The summed E-state index contributed by atoms with van der Waals surface area (Å²) >= 11 is 6.44. The zero-order chi connectivity index (χ0) is 23.8. The zero-order valence-electron chi connectivity index (χ0n) is 20.7. The first kappa shape index (κ1) is 23.3. The molecule has 3 fully saturated rings. The van der Waals surface area contributed by atoms with Gasteiger partial charge in [0, 0.05) is 37.6 Å². The highest BCUT2D eigenvalue weighted by Crippen LogP contribution is 2.50. The Hall–Kier alpha value is -2.06. The Bertz CT molecular complexity index is 1090. The number of nitriles is 1. The molecule has 4 aliphatic rings. The van der Waals surface area contributed by atoms with E-state index in [1.54, 1.807) is 17.2 Å². The predicted octanol–water partition coefficient (Wildman–Crippen LogP) is 5.59. The lowest BCUT2D eigenvalue weighted by molar-refractivity contribution is 0.0492. The Balaban J connectivity index is 1.09. The van der Waals surface area contributed by atoms with E-state index in [1.165, 1.54) is 64.6 Å². The molecule has 4 nitrogen and oxygen atoms in total. The van der Waals surface area contributed by atoms with E-state index in [4.69, 9.17) is 16.9 Å². The molecule has 0 bridgehead atoms. The molecule has 3 aliphatic heterocycles. The SMILES string of the molecule is N#Cc1ccc(N2CC(CN3CCC(C4(C5CCCC5)NCCc5ccccc54)CC3)C2)c(Cl)c1. The van der Waals surface area contributed by atoms with E-state index < -0.39 is 0 Å². The number of hydrogen-bond acceptors (Lipinski definition) is 4. The third-order valence-corrected chi connectivity index (χ3v) is 9.70. The second-order valence-corrected chi connectivity index (χ2v) is 11.7. The number of nitrogens with zero attached hydrogens (tertiary/aromatic N) is 3. The predicted molar refractivity (Wildman–Crippen MR) is 143 cm³/mol. The lowest BCUT2D eigenvalue weighted by Gasteiger charge is -2.53. The first-order chi connectivity index (χ1) is 17.2. The maximum absolute atomic E-state index is 9.08. The molecule has 2 aromatic carbocycles.